The third kappa shape index (κ3) is 4.21. The number of amides is 1. The minimum atomic E-state index is -0.317. The van der Waals surface area contributed by atoms with Gasteiger partial charge in [-0.25, -0.2) is 5.43 Å². The minimum absolute atomic E-state index is 0.115. The van der Waals surface area contributed by atoms with Crippen molar-refractivity contribution in [1.82, 2.24) is 5.43 Å². The number of hydrogen-bond donors (Lipinski definition) is 1. The predicted molar refractivity (Wildman–Crippen MR) is 126 cm³/mol. The number of benzene rings is 4. The highest BCUT2D eigenvalue weighted by atomic mass is 79.9. The summed E-state index contributed by atoms with van der Waals surface area (Å²) in [5.41, 5.74) is 5.65. The van der Waals surface area contributed by atoms with Crippen molar-refractivity contribution in [3.63, 3.8) is 0 Å². The van der Waals surface area contributed by atoms with E-state index in [4.69, 9.17) is 4.74 Å². The van der Waals surface area contributed by atoms with Crippen LogP contribution in [0.5, 0.6) is 5.75 Å². The number of hydrogen-bond acceptors (Lipinski definition) is 3. The summed E-state index contributed by atoms with van der Waals surface area (Å²) in [7, 11) is 0. The molecule has 5 heteroatoms. The van der Waals surface area contributed by atoms with E-state index in [-0.39, 0.29) is 12.5 Å². The van der Waals surface area contributed by atoms with Gasteiger partial charge in [0.25, 0.3) is 5.91 Å². The lowest BCUT2D eigenvalue weighted by Gasteiger charge is -2.11. The van der Waals surface area contributed by atoms with Crippen LogP contribution in [0.25, 0.3) is 21.5 Å². The molecule has 0 heterocycles. The molecule has 30 heavy (non-hydrogen) atoms. The fraction of sp³-hybridized carbons (Fsp3) is 0.120. The monoisotopic (exact) mass is 460 g/mol. The zero-order chi connectivity index (χ0) is 21.1. The quantitative estimate of drug-likeness (QED) is 0.229. The smallest absolute Gasteiger partial charge is 0.277 e. The van der Waals surface area contributed by atoms with Crippen molar-refractivity contribution in [1.29, 1.82) is 0 Å². The molecule has 1 N–H and O–H groups in total. The molecule has 0 spiro atoms. The van der Waals surface area contributed by atoms with E-state index in [9.17, 15) is 4.79 Å². The van der Waals surface area contributed by atoms with Gasteiger partial charge in [-0.3, -0.25) is 4.79 Å². The summed E-state index contributed by atoms with van der Waals surface area (Å²) in [5, 5.41) is 8.64. The van der Waals surface area contributed by atoms with Crippen LogP contribution in [0, 0.1) is 13.8 Å². The second-order valence-corrected chi connectivity index (χ2v) is 8.06. The molecule has 0 atom stereocenters. The summed E-state index contributed by atoms with van der Waals surface area (Å²) >= 11 is 3.49. The highest BCUT2D eigenvalue weighted by Gasteiger charge is 2.09. The first-order valence-electron chi connectivity index (χ1n) is 9.65. The molecule has 4 aromatic carbocycles. The molecule has 150 valence electrons. The topological polar surface area (TPSA) is 50.7 Å². The van der Waals surface area contributed by atoms with Gasteiger partial charge in [-0.05, 0) is 74.6 Å². The van der Waals surface area contributed by atoms with E-state index >= 15 is 0 Å². The summed E-state index contributed by atoms with van der Waals surface area (Å²) in [5.74, 6) is 0.349. The third-order valence-electron chi connectivity index (χ3n) is 4.92. The van der Waals surface area contributed by atoms with Crippen LogP contribution in [0.3, 0.4) is 0 Å². The van der Waals surface area contributed by atoms with E-state index in [0.29, 0.717) is 5.75 Å². The Bertz CT molecular complexity index is 1200. The lowest BCUT2D eigenvalue weighted by Crippen LogP contribution is -2.24. The Labute approximate surface area is 183 Å². The van der Waals surface area contributed by atoms with Crippen LogP contribution in [0.2, 0.25) is 0 Å². The average Bonchev–Trinajstić information content (AvgIpc) is 2.72. The van der Waals surface area contributed by atoms with E-state index in [1.54, 1.807) is 6.21 Å². The van der Waals surface area contributed by atoms with Crippen molar-refractivity contribution >= 4 is 49.6 Å². The maximum atomic E-state index is 12.3. The SMILES string of the molecule is Cc1cc(C)c(OCC(=O)N/N=C/c2c3ccccc3cc3ccccc23)c(Br)c1. The second-order valence-electron chi connectivity index (χ2n) is 7.21. The molecular weight excluding hydrogens is 440 g/mol. The minimum Gasteiger partial charge on any atom is -0.482 e. The van der Waals surface area contributed by atoms with E-state index in [1.165, 1.54) is 0 Å². The summed E-state index contributed by atoms with van der Waals surface area (Å²) in [6.45, 7) is 3.85. The van der Waals surface area contributed by atoms with Crippen LogP contribution < -0.4 is 10.2 Å². The number of nitrogens with one attached hydrogen (secondary N) is 1. The zero-order valence-corrected chi connectivity index (χ0v) is 18.4. The second kappa shape index (κ2) is 8.67. The Morgan fingerprint density at radius 3 is 2.27 bits per heavy atom. The maximum Gasteiger partial charge on any atom is 0.277 e. The molecule has 4 aromatic rings. The molecule has 0 bridgehead atoms. The number of nitrogens with zero attached hydrogens (tertiary/aromatic N) is 1. The first-order valence-corrected chi connectivity index (χ1v) is 10.4. The molecule has 0 fully saturated rings. The molecule has 0 radical (unpaired) electrons. The van der Waals surface area contributed by atoms with Gasteiger partial charge in [0.15, 0.2) is 6.61 Å². The highest BCUT2D eigenvalue weighted by molar-refractivity contribution is 9.10. The lowest BCUT2D eigenvalue weighted by molar-refractivity contribution is -0.123. The molecule has 4 nitrogen and oxygen atoms in total. The largest absolute Gasteiger partial charge is 0.482 e. The first kappa shape index (κ1) is 20.1. The molecule has 0 aromatic heterocycles. The van der Waals surface area contributed by atoms with Crippen LogP contribution >= 0.6 is 15.9 Å². The maximum absolute atomic E-state index is 12.3. The summed E-state index contributed by atoms with van der Waals surface area (Å²) in [4.78, 5) is 12.3. The molecule has 1 amide bonds. The molecule has 0 aliphatic heterocycles. The predicted octanol–water partition coefficient (Wildman–Crippen LogP) is 5.90. The Hall–Kier alpha value is -3.18. The summed E-state index contributed by atoms with van der Waals surface area (Å²) in [6, 6.07) is 22.5. The number of fused-ring (bicyclic) bond motifs is 2. The van der Waals surface area contributed by atoms with E-state index in [0.717, 1.165) is 42.7 Å². The fourth-order valence-electron chi connectivity index (χ4n) is 3.61. The van der Waals surface area contributed by atoms with E-state index < -0.39 is 0 Å². The molecule has 0 saturated heterocycles. The zero-order valence-electron chi connectivity index (χ0n) is 16.8. The number of carbonyl (C=O) groups excluding carboxylic acids is 1. The average molecular weight is 461 g/mol. The van der Waals surface area contributed by atoms with Crippen LogP contribution in [-0.4, -0.2) is 18.7 Å². The fourth-order valence-corrected chi connectivity index (χ4v) is 4.40. The number of carbonyl (C=O) groups is 1. The lowest BCUT2D eigenvalue weighted by atomic mass is 9.97. The van der Waals surface area contributed by atoms with Crippen molar-refractivity contribution in [2.45, 2.75) is 13.8 Å². The molecule has 4 rings (SSSR count). The van der Waals surface area contributed by atoms with Gasteiger partial charge in [-0.1, -0.05) is 54.6 Å². The van der Waals surface area contributed by atoms with Crippen molar-refractivity contribution in [2.24, 2.45) is 5.10 Å². The van der Waals surface area contributed by atoms with Crippen LogP contribution in [-0.2, 0) is 4.79 Å². The van der Waals surface area contributed by atoms with E-state index in [2.05, 4.69) is 56.8 Å². The van der Waals surface area contributed by atoms with E-state index in [1.807, 2.05) is 50.2 Å². The molecule has 0 aliphatic carbocycles. The van der Waals surface area contributed by atoms with Gasteiger partial charge in [-0.15, -0.1) is 0 Å². The van der Waals surface area contributed by atoms with Crippen LogP contribution in [0.1, 0.15) is 16.7 Å². The van der Waals surface area contributed by atoms with Gasteiger partial charge < -0.3 is 4.74 Å². The third-order valence-corrected chi connectivity index (χ3v) is 5.51. The van der Waals surface area contributed by atoms with Gasteiger partial charge in [-0.2, -0.15) is 5.10 Å². The standard InChI is InChI=1S/C25H21BrN2O2/c1-16-11-17(2)25(23(26)12-16)30-15-24(29)28-27-14-22-20-9-5-3-7-18(20)13-19-8-4-6-10-21(19)22/h3-14H,15H2,1-2H3,(H,28,29)/b27-14+. The van der Waals surface area contributed by atoms with Crippen molar-refractivity contribution < 1.29 is 9.53 Å². The van der Waals surface area contributed by atoms with Gasteiger partial charge >= 0.3 is 0 Å². The Morgan fingerprint density at radius 1 is 1.00 bits per heavy atom. The summed E-state index contributed by atoms with van der Waals surface area (Å²) < 4.78 is 6.53. The molecule has 0 saturated carbocycles. The highest BCUT2D eigenvalue weighted by Crippen LogP contribution is 2.30. The molecule has 0 unspecified atom stereocenters. The van der Waals surface area contributed by atoms with Gasteiger partial charge in [0.2, 0.25) is 0 Å². The molecule has 0 aliphatic rings. The van der Waals surface area contributed by atoms with Gasteiger partial charge in [0.05, 0.1) is 10.7 Å². The van der Waals surface area contributed by atoms with Crippen LogP contribution in [0.15, 0.2) is 76.3 Å². The van der Waals surface area contributed by atoms with Crippen molar-refractivity contribution in [3.8, 4) is 5.75 Å². The van der Waals surface area contributed by atoms with Gasteiger partial charge in [0, 0.05) is 5.56 Å². The Kier molecular flexibility index (Phi) is 5.81. The first-order chi connectivity index (χ1) is 14.5. The van der Waals surface area contributed by atoms with Crippen molar-refractivity contribution in [3.05, 3.63) is 87.9 Å². The van der Waals surface area contributed by atoms with Crippen molar-refractivity contribution in [2.75, 3.05) is 6.61 Å². The molecular formula is C25H21BrN2O2. The number of hydrazone groups is 1. The summed E-state index contributed by atoms with van der Waals surface area (Å²) in [6.07, 6.45) is 1.70. The normalized spacial score (nSPS) is 11.3. The van der Waals surface area contributed by atoms with Crippen LogP contribution in [0.4, 0.5) is 0 Å². The number of ether oxygens (including phenoxy) is 1. The van der Waals surface area contributed by atoms with Gasteiger partial charge in [0.1, 0.15) is 5.75 Å². The number of aryl methyl sites for hydroxylation is 2. The Morgan fingerprint density at radius 2 is 1.63 bits per heavy atom. The Balaban J connectivity index is 1.52. The number of rotatable bonds is 5. The number of halogens is 1.